The molecule has 0 aromatic heterocycles. The first-order chi connectivity index (χ1) is 14.8. The fourth-order valence-electron chi connectivity index (χ4n) is 4.06. The summed E-state index contributed by atoms with van der Waals surface area (Å²) in [6, 6.07) is 12.4. The number of carbonyl (C=O) groups is 1. The smallest absolute Gasteiger partial charge is 0.321 e. The van der Waals surface area contributed by atoms with E-state index in [1.54, 1.807) is 11.8 Å². The van der Waals surface area contributed by atoms with Crippen LogP contribution in [0, 0.1) is 27.7 Å². The van der Waals surface area contributed by atoms with Crippen molar-refractivity contribution in [3.8, 4) is 0 Å². The molecule has 6 heteroatoms. The molecule has 0 bridgehead atoms. The Balaban J connectivity index is 1.47. The molecule has 0 aliphatic carbocycles. The number of urea groups is 1. The van der Waals surface area contributed by atoms with Crippen LogP contribution in [0.5, 0.6) is 0 Å². The summed E-state index contributed by atoms with van der Waals surface area (Å²) in [6.45, 7) is 9.67. The number of benzene rings is 2. The first-order valence-electron chi connectivity index (χ1n) is 10.8. The van der Waals surface area contributed by atoms with Crippen LogP contribution in [0.15, 0.2) is 46.4 Å². The second kappa shape index (κ2) is 8.50. The number of piperidine rings is 1. The zero-order chi connectivity index (χ0) is 22.2. The highest BCUT2D eigenvalue weighted by Gasteiger charge is 2.40. The molecule has 2 amide bonds. The number of hydrogen-bond acceptors (Lipinski definition) is 4. The van der Waals surface area contributed by atoms with Crippen molar-refractivity contribution in [1.82, 2.24) is 4.90 Å². The van der Waals surface area contributed by atoms with Gasteiger partial charge in [-0.1, -0.05) is 18.2 Å². The molecule has 31 heavy (non-hydrogen) atoms. The fraction of sp³-hybridized carbons (Fsp3) is 0.400. The van der Waals surface area contributed by atoms with Gasteiger partial charge in [0.1, 0.15) is 5.04 Å². The van der Waals surface area contributed by atoms with Crippen LogP contribution in [0.1, 0.15) is 40.7 Å². The van der Waals surface area contributed by atoms with E-state index in [-0.39, 0.29) is 6.03 Å². The zero-order valence-corrected chi connectivity index (χ0v) is 19.8. The van der Waals surface area contributed by atoms with Gasteiger partial charge in [-0.3, -0.25) is 4.99 Å². The summed E-state index contributed by atoms with van der Waals surface area (Å²) in [6.07, 6.45) is 3.54. The molecule has 2 aromatic carbocycles. The number of rotatable bonds is 2. The van der Waals surface area contributed by atoms with Crippen LogP contribution in [0.25, 0.3) is 0 Å². The lowest BCUT2D eigenvalue weighted by Crippen LogP contribution is -2.46. The number of nitrogens with one attached hydrogen (secondary N) is 1. The van der Waals surface area contributed by atoms with Crippen molar-refractivity contribution < 1.29 is 4.79 Å². The van der Waals surface area contributed by atoms with Crippen molar-refractivity contribution in [3.63, 3.8) is 0 Å². The summed E-state index contributed by atoms with van der Waals surface area (Å²) in [5.41, 5.74) is 7.46. The van der Waals surface area contributed by atoms with E-state index in [9.17, 15) is 4.79 Å². The van der Waals surface area contributed by atoms with Crippen LogP contribution in [-0.4, -0.2) is 46.7 Å². The monoisotopic (exact) mass is 434 g/mol. The number of thioether (sulfide) groups is 1. The Morgan fingerprint density at radius 3 is 2.19 bits per heavy atom. The van der Waals surface area contributed by atoms with Crippen LogP contribution >= 0.6 is 11.8 Å². The molecule has 1 fully saturated rings. The lowest BCUT2D eigenvalue weighted by atomic mass is 9.98. The van der Waals surface area contributed by atoms with E-state index in [0.717, 1.165) is 34.8 Å². The predicted octanol–water partition coefficient (Wildman–Crippen LogP) is 5.51. The van der Waals surface area contributed by atoms with Crippen molar-refractivity contribution in [2.75, 3.05) is 24.7 Å². The van der Waals surface area contributed by atoms with Gasteiger partial charge in [0.2, 0.25) is 0 Å². The Kier molecular flexibility index (Phi) is 5.93. The van der Waals surface area contributed by atoms with Gasteiger partial charge in [-0.25, -0.2) is 9.79 Å². The number of nitrogens with zero attached hydrogens (tertiary/aromatic N) is 3. The predicted molar refractivity (Wildman–Crippen MR) is 132 cm³/mol. The van der Waals surface area contributed by atoms with Crippen LogP contribution in [0.2, 0.25) is 0 Å². The third-order valence-corrected chi connectivity index (χ3v) is 7.09. The van der Waals surface area contributed by atoms with Gasteiger partial charge in [-0.05, 0) is 74.4 Å². The molecule has 2 heterocycles. The second-order valence-electron chi connectivity index (χ2n) is 8.58. The molecule has 2 aliphatic rings. The van der Waals surface area contributed by atoms with Gasteiger partial charge in [0, 0.05) is 37.2 Å². The number of anilines is 1. The maximum atomic E-state index is 12.8. The molecule has 4 rings (SSSR count). The summed E-state index contributed by atoms with van der Waals surface area (Å²) in [5, 5.41) is 4.03. The van der Waals surface area contributed by atoms with Crippen molar-refractivity contribution in [3.05, 3.63) is 64.2 Å². The Bertz CT molecular complexity index is 1080. The van der Waals surface area contributed by atoms with Crippen molar-refractivity contribution >= 4 is 34.2 Å². The SMILES string of the molecule is CSC1=NC2(CCN(C(=O)Nc3ccc(C)c(C)c3)CC2)N=C1c1ccc(C)c(C)c1. The molecule has 0 radical (unpaired) electrons. The molecule has 0 saturated carbocycles. The molecule has 0 atom stereocenters. The highest BCUT2D eigenvalue weighted by atomic mass is 32.2. The summed E-state index contributed by atoms with van der Waals surface area (Å²) in [7, 11) is 0. The number of amides is 2. The lowest BCUT2D eigenvalue weighted by molar-refractivity contribution is 0.175. The Morgan fingerprint density at radius 2 is 1.58 bits per heavy atom. The maximum Gasteiger partial charge on any atom is 0.321 e. The summed E-state index contributed by atoms with van der Waals surface area (Å²) in [5.74, 6) is 0. The molecule has 1 spiro atoms. The Hall–Kier alpha value is -2.60. The van der Waals surface area contributed by atoms with Gasteiger partial charge < -0.3 is 10.2 Å². The zero-order valence-electron chi connectivity index (χ0n) is 19.0. The highest BCUT2D eigenvalue weighted by molar-refractivity contribution is 8.15. The van der Waals surface area contributed by atoms with Crippen LogP contribution in [0.3, 0.4) is 0 Å². The van der Waals surface area contributed by atoms with E-state index in [2.05, 4.69) is 57.5 Å². The number of hydrogen-bond donors (Lipinski definition) is 1. The topological polar surface area (TPSA) is 57.1 Å². The van der Waals surface area contributed by atoms with Crippen LogP contribution < -0.4 is 5.32 Å². The number of aliphatic imine (C=N–C) groups is 2. The standard InChI is InChI=1S/C25H30N4OS/c1-16-6-8-20(14-18(16)3)22-23(31-5)28-25(27-22)10-12-29(13-11-25)24(30)26-21-9-7-17(2)19(4)15-21/h6-9,14-15H,10-13H2,1-5H3,(H,26,30). The summed E-state index contributed by atoms with van der Waals surface area (Å²) < 4.78 is 0. The Labute approximate surface area is 189 Å². The number of aryl methyl sites for hydroxylation is 4. The van der Waals surface area contributed by atoms with Gasteiger partial charge in [0.05, 0.1) is 5.71 Å². The van der Waals surface area contributed by atoms with E-state index in [1.807, 2.05) is 23.1 Å². The molecular weight excluding hydrogens is 404 g/mol. The van der Waals surface area contributed by atoms with Crippen molar-refractivity contribution in [2.24, 2.45) is 9.98 Å². The van der Waals surface area contributed by atoms with Gasteiger partial charge >= 0.3 is 6.03 Å². The Morgan fingerprint density at radius 1 is 0.935 bits per heavy atom. The first-order valence-corrected chi connectivity index (χ1v) is 12.0. The summed E-state index contributed by atoms with van der Waals surface area (Å²) in [4.78, 5) is 24.8. The van der Waals surface area contributed by atoms with Gasteiger partial charge in [-0.2, -0.15) is 0 Å². The molecule has 1 saturated heterocycles. The minimum atomic E-state index is -0.441. The van der Waals surface area contributed by atoms with E-state index in [4.69, 9.17) is 9.98 Å². The second-order valence-corrected chi connectivity index (χ2v) is 9.37. The lowest BCUT2D eigenvalue weighted by Gasteiger charge is -2.35. The molecule has 0 unspecified atom stereocenters. The van der Waals surface area contributed by atoms with E-state index < -0.39 is 5.66 Å². The fourth-order valence-corrected chi connectivity index (χ4v) is 4.67. The van der Waals surface area contributed by atoms with Crippen molar-refractivity contribution in [1.29, 1.82) is 0 Å². The van der Waals surface area contributed by atoms with E-state index in [0.29, 0.717) is 13.1 Å². The molecule has 5 nitrogen and oxygen atoms in total. The van der Waals surface area contributed by atoms with Crippen molar-refractivity contribution in [2.45, 2.75) is 46.2 Å². The maximum absolute atomic E-state index is 12.8. The quantitative estimate of drug-likeness (QED) is 0.678. The average molecular weight is 435 g/mol. The molecule has 2 aromatic rings. The summed E-state index contributed by atoms with van der Waals surface area (Å²) >= 11 is 1.65. The molecule has 2 aliphatic heterocycles. The largest absolute Gasteiger partial charge is 0.324 e. The average Bonchev–Trinajstić information content (AvgIpc) is 3.11. The first kappa shape index (κ1) is 21.6. The molecule has 162 valence electrons. The van der Waals surface area contributed by atoms with Crippen LogP contribution in [-0.2, 0) is 0 Å². The van der Waals surface area contributed by atoms with Gasteiger partial charge in [0.25, 0.3) is 0 Å². The highest BCUT2D eigenvalue weighted by Crippen LogP contribution is 2.35. The van der Waals surface area contributed by atoms with Gasteiger partial charge in [0.15, 0.2) is 5.66 Å². The van der Waals surface area contributed by atoms with E-state index >= 15 is 0 Å². The number of likely N-dealkylation sites (tertiary alicyclic amines) is 1. The third-order valence-electron chi connectivity index (χ3n) is 6.42. The minimum absolute atomic E-state index is 0.0523. The number of carbonyl (C=O) groups excluding carboxylic acids is 1. The van der Waals surface area contributed by atoms with Gasteiger partial charge in [-0.15, -0.1) is 11.8 Å². The normalized spacial score (nSPS) is 17.5. The third kappa shape index (κ3) is 4.40. The van der Waals surface area contributed by atoms with E-state index in [1.165, 1.54) is 22.3 Å². The van der Waals surface area contributed by atoms with Crippen LogP contribution in [0.4, 0.5) is 10.5 Å². The molecule has 1 N–H and O–H groups in total. The molecular formula is C25H30N4OS. The minimum Gasteiger partial charge on any atom is -0.324 e.